The summed E-state index contributed by atoms with van der Waals surface area (Å²) in [5.41, 5.74) is 8.68. The minimum absolute atomic E-state index is 0.305. The third-order valence-electron chi connectivity index (χ3n) is 2.43. The maximum absolute atomic E-state index is 5.79. The van der Waals surface area contributed by atoms with Gasteiger partial charge in [-0.15, -0.1) is 0 Å². The molecule has 3 nitrogen and oxygen atoms in total. The summed E-state index contributed by atoms with van der Waals surface area (Å²) in [6.45, 7) is 4.17. The molecular weight excluding hydrogens is 315 g/mol. The highest BCUT2D eigenvalue weighted by molar-refractivity contribution is 14.1. The van der Waals surface area contributed by atoms with E-state index in [2.05, 4.69) is 47.7 Å². The normalized spacial score (nSPS) is 11.0. The van der Waals surface area contributed by atoms with Crippen LogP contribution in [0, 0.1) is 3.57 Å². The van der Waals surface area contributed by atoms with Crippen molar-refractivity contribution in [1.29, 1.82) is 0 Å². The van der Waals surface area contributed by atoms with Crippen LogP contribution < -0.4 is 5.73 Å². The van der Waals surface area contributed by atoms with E-state index < -0.39 is 0 Å². The predicted octanol–water partition coefficient (Wildman–Crippen LogP) is 3.65. The standard InChI is InChI=1S/C12H13IN2O/c1-7(2)10-11(15-16-12(10)14)8-4-3-5-9(13)6-8/h3-7H,14H2,1-2H3. The van der Waals surface area contributed by atoms with Gasteiger partial charge in [0.1, 0.15) is 5.69 Å². The Balaban J connectivity index is 2.56. The van der Waals surface area contributed by atoms with Crippen molar-refractivity contribution >= 4 is 28.5 Å². The van der Waals surface area contributed by atoms with Gasteiger partial charge in [0.2, 0.25) is 5.88 Å². The van der Waals surface area contributed by atoms with Crippen molar-refractivity contribution in [2.45, 2.75) is 19.8 Å². The van der Waals surface area contributed by atoms with Gasteiger partial charge in [0.25, 0.3) is 0 Å². The molecule has 0 bridgehead atoms. The summed E-state index contributed by atoms with van der Waals surface area (Å²) in [7, 11) is 0. The van der Waals surface area contributed by atoms with Crippen LogP contribution in [0.4, 0.5) is 5.88 Å². The molecule has 0 aliphatic rings. The Morgan fingerprint density at radius 3 is 2.75 bits per heavy atom. The zero-order chi connectivity index (χ0) is 11.7. The molecule has 1 aromatic heterocycles. The molecule has 0 saturated carbocycles. The molecule has 16 heavy (non-hydrogen) atoms. The van der Waals surface area contributed by atoms with Gasteiger partial charge in [0.05, 0.1) is 0 Å². The number of benzene rings is 1. The lowest BCUT2D eigenvalue weighted by Gasteiger charge is -2.05. The van der Waals surface area contributed by atoms with E-state index in [1.807, 2.05) is 18.2 Å². The zero-order valence-electron chi connectivity index (χ0n) is 9.20. The first-order valence-electron chi connectivity index (χ1n) is 5.10. The number of nitrogens with zero attached hydrogens (tertiary/aromatic N) is 1. The second-order valence-electron chi connectivity index (χ2n) is 3.97. The number of nitrogen functional groups attached to an aromatic ring is 1. The fourth-order valence-corrected chi connectivity index (χ4v) is 2.25. The molecule has 2 aromatic rings. The number of nitrogens with two attached hydrogens (primary N) is 1. The van der Waals surface area contributed by atoms with Gasteiger partial charge in [0, 0.05) is 14.7 Å². The highest BCUT2D eigenvalue weighted by Gasteiger charge is 2.18. The number of anilines is 1. The van der Waals surface area contributed by atoms with Gasteiger partial charge >= 0.3 is 0 Å². The van der Waals surface area contributed by atoms with Gasteiger partial charge in [-0.05, 0) is 40.6 Å². The Kier molecular flexibility index (Phi) is 3.18. The van der Waals surface area contributed by atoms with Crippen molar-refractivity contribution < 1.29 is 4.52 Å². The van der Waals surface area contributed by atoms with Gasteiger partial charge in [-0.3, -0.25) is 0 Å². The fourth-order valence-electron chi connectivity index (χ4n) is 1.71. The van der Waals surface area contributed by atoms with Crippen molar-refractivity contribution in [2.24, 2.45) is 0 Å². The molecule has 4 heteroatoms. The van der Waals surface area contributed by atoms with E-state index in [0.717, 1.165) is 16.8 Å². The molecule has 1 aromatic carbocycles. The maximum atomic E-state index is 5.79. The predicted molar refractivity (Wildman–Crippen MR) is 73.2 cm³/mol. The first-order valence-corrected chi connectivity index (χ1v) is 6.18. The molecule has 0 fully saturated rings. The topological polar surface area (TPSA) is 52.0 Å². The zero-order valence-corrected chi connectivity index (χ0v) is 11.4. The Bertz CT molecular complexity index is 505. The van der Waals surface area contributed by atoms with Gasteiger partial charge < -0.3 is 10.3 Å². The van der Waals surface area contributed by atoms with Gasteiger partial charge in [0.15, 0.2) is 0 Å². The van der Waals surface area contributed by atoms with Crippen molar-refractivity contribution in [2.75, 3.05) is 5.73 Å². The SMILES string of the molecule is CC(C)c1c(-c2cccc(I)c2)noc1N. The lowest BCUT2D eigenvalue weighted by Crippen LogP contribution is -1.94. The molecular formula is C12H13IN2O. The molecule has 0 unspecified atom stereocenters. The van der Waals surface area contributed by atoms with E-state index in [4.69, 9.17) is 10.3 Å². The van der Waals surface area contributed by atoms with Crippen molar-refractivity contribution in [3.8, 4) is 11.3 Å². The molecule has 0 atom stereocenters. The largest absolute Gasteiger partial charge is 0.367 e. The summed E-state index contributed by atoms with van der Waals surface area (Å²) < 4.78 is 6.25. The molecule has 2 N–H and O–H groups in total. The average Bonchev–Trinajstić information content (AvgIpc) is 2.60. The highest BCUT2D eigenvalue weighted by atomic mass is 127. The second kappa shape index (κ2) is 4.45. The van der Waals surface area contributed by atoms with Crippen LogP contribution >= 0.6 is 22.6 Å². The summed E-state index contributed by atoms with van der Waals surface area (Å²) in [6.07, 6.45) is 0. The smallest absolute Gasteiger partial charge is 0.226 e. The quantitative estimate of drug-likeness (QED) is 0.856. The number of rotatable bonds is 2. The van der Waals surface area contributed by atoms with Crippen molar-refractivity contribution in [3.63, 3.8) is 0 Å². The van der Waals surface area contributed by atoms with Crippen LogP contribution in [0.5, 0.6) is 0 Å². The fraction of sp³-hybridized carbons (Fsp3) is 0.250. The lowest BCUT2D eigenvalue weighted by molar-refractivity contribution is 0.438. The minimum Gasteiger partial charge on any atom is -0.367 e. The minimum atomic E-state index is 0.305. The molecule has 0 spiro atoms. The summed E-state index contributed by atoms with van der Waals surface area (Å²) in [4.78, 5) is 0. The Morgan fingerprint density at radius 1 is 1.38 bits per heavy atom. The maximum Gasteiger partial charge on any atom is 0.226 e. The molecule has 0 aliphatic heterocycles. The summed E-state index contributed by atoms with van der Waals surface area (Å²) >= 11 is 2.28. The first-order chi connectivity index (χ1) is 7.59. The Hall–Kier alpha value is -1.04. The highest BCUT2D eigenvalue weighted by Crippen LogP contribution is 2.33. The van der Waals surface area contributed by atoms with Crippen molar-refractivity contribution in [3.05, 3.63) is 33.4 Å². The van der Waals surface area contributed by atoms with Crippen LogP contribution in [0.25, 0.3) is 11.3 Å². The monoisotopic (exact) mass is 328 g/mol. The molecule has 84 valence electrons. The molecule has 0 aliphatic carbocycles. The molecule has 0 saturated heterocycles. The number of halogens is 1. The summed E-state index contributed by atoms with van der Waals surface area (Å²) in [5.74, 6) is 0.725. The summed E-state index contributed by atoms with van der Waals surface area (Å²) in [5, 5.41) is 4.04. The average molecular weight is 328 g/mol. The van der Waals surface area contributed by atoms with Crippen LogP contribution in [-0.2, 0) is 0 Å². The molecule has 0 amide bonds. The van der Waals surface area contributed by atoms with Crippen LogP contribution in [-0.4, -0.2) is 5.16 Å². The summed E-state index contributed by atoms with van der Waals surface area (Å²) in [6, 6.07) is 8.14. The van der Waals surface area contributed by atoms with E-state index >= 15 is 0 Å². The van der Waals surface area contributed by atoms with Gasteiger partial charge in [-0.1, -0.05) is 31.1 Å². The molecule has 1 heterocycles. The molecule has 0 radical (unpaired) electrons. The lowest BCUT2D eigenvalue weighted by atomic mass is 9.99. The third kappa shape index (κ3) is 2.07. The van der Waals surface area contributed by atoms with Crippen LogP contribution in [0.1, 0.15) is 25.3 Å². The van der Waals surface area contributed by atoms with Gasteiger partial charge in [-0.2, -0.15) is 0 Å². The van der Waals surface area contributed by atoms with E-state index in [0.29, 0.717) is 11.8 Å². The third-order valence-corrected chi connectivity index (χ3v) is 3.10. The first kappa shape index (κ1) is 11.4. The van der Waals surface area contributed by atoms with Gasteiger partial charge in [-0.25, -0.2) is 0 Å². The van der Waals surface area contributed by atoms with E-state index in [-0.39, 0.29) is 0 Å². The Labute approximate surface area is 108 Å². The van der Waals surface area contributed by atoms with Crippen LogP contribution in [0.15, 0.2) is 28.8 Å². The number of hydrogen-bond acceptors (Lipinski definition) is 3. The Morgan fingerprint density at radius 2 is 2.12 bits per heavy atom. The number of aromatic nitrogens is 1. The second-order valence-corrected chi connectivity index (χ2v) is 5.22. The number of hydrogen-bond donors (Lipinski definition) is 1. The van der Waals surface area contributed by atoms with E-state index in [1.54, 1.807) is 0 Å². The molecule has 2 rings (SSSR count). The van der Waals surface area contributed by atoms with Crippen molar-refractivity contribution in [1.82, 2.24) is 5.16 Å². The van der Waals surface area contributed by atoms with Crippen LogP contribution in [0.2, 0.25) is 0 Å². The van der Waals surface area contributed by atoms with E-state index in [9.17, 15) is 0 Å². The van der Waals surface area contributed by atoms with Crippen LogP contribution in [0.3, 0.4) is 0 Å². The van der Waals surface area contributed by atoms with E-state index in [1.165, 1.54) is 3.57 Å².